The maximum Gasteiger partial charge on any atom is 0.141 e. The lowest BCUT2D eigenvalue weighted by Gasteiger charge is -2.07. The van der Waals surface area contributed by atoms with Crippen LogP contribution in [0.2, 0.25) is 5.02 Å². The zero-order valence-corrected chi connectivity index (χ0v) is 10.5. The van der Waals surface area contributed by atoms with E-state index in [0.717, 1.165) is 5.69 Å². The van der Waals surface area contributed by atoms with Gasteiger partial charge in [-0.05, 0) is 18.2 Å². The lowest BCUT2D eigenvalue weighted by Crippen LogP contribution is -2.07. The SMILES string of the molecule is COCc1c(CN)nnn1-c1ccc(F)c(Cl)c1. The van der Waals surface area contributed by atoms with Crippen molar-refractivity contribution in [1.82, 2.24) is 15.0 Å². The van der Waals surface area contributed by atoms with Crippen molar-refractivity contribution in [1.29, 1.82) is 0 Å². The third-order valence-electron chi connectivity index (χ3n) is 2.47. The Balaban J connectivity index is 2.49. The first-order valence-corrected chi connectivity index (χ1v) is 5.63. The van der Waals surface area contributed by atoms with Crippen molar-refractivity contribution in [3.8, 4) is 5.69 Å². The van der Waals surface area contributed by atoms with Crippen LogP contribution in [0.3, 0.4) is 0 Å². The molecule has 18 heavy (non-hydrogen) atoms. The Labute approximate surface area is 108 Å². The Bertz CT molecular complexity index is 558. The molecule has 0 aliphatic heterocycles. The molecule has 0 saturated carbocycles. The van der Waals surface area contributed by atoms with Gasteiger partial charge in [0.25, 0.3) is 0 Å². The van der Waals surface area contributed by atoms with Gasteiger partial charge in [-0.25, -0.2) is 9.07 Å². The van der Waals surface area contributed by atoms with Crippen LogP contribution in [-0.4, -0.2) is 22.1 Å². The smallest absolute Gasteiger partial charge is 0.141 e. The van der Waals surface area contributed by atoms with Crippen LogP contribution in [0.5, 0.6) is 0 Å². The topological polar surface area (TPSA) is 66.0 Å². The zero-order chi connectivity index (χ0) is 13.1. The molecule has 1 heterocycles. The molecule has 0 spiro atoms. The highest BCUT2D eigenvalue weighted by atomic mass is 35.5. The number of methoxy groups -OCH3 is 1. The largest absolute Gasteiger partial charge is 0.378 e. The Morgan fingerprint density at radius 1 is 1.50 bits per heavy atom. The lowest BCUT2D eigenvalue weighted by atomic mass is 10.2. The summed E-state index contributed by atoms with van der Waals surface area (Å²) < 4.78 is 19.7. The van der Waals surface area contributed by atoms with Crippen LogP contribution in [0, 0.1) is 5.82 Å². The molecular weight excluding hydrogens is 259 g/mol. The summed E-state index contributed by atoms with van der Waals surface area (Å²) in [5.74, 6) is -0.479. The summed E-state index contributed by atoms with van der Waals surface area (Å²) in [4.78, 5) is 0. The molecule has 0 bridgehead atoms. The van der Waals surface area contributed by atoms with E-state index in [1.54, 1.807) is 13.2 Å². The van der Waals surface area contributed by atoms with Crippen LogP contribution in [-0.2, 0) is 17.9 Å². The minimum absolute atomic E-state index is 0.0284. The Hall–Kier alpha value is -1.50. The molecule has 0 unspecified atom stereocenters. The molecule has 2 rings (SSSR count). The highest BCUT2D eigenvalue weighted by Crippen LogP contribution is 2.20. The van der Waals surface area contributed by atoms with Gasteiger partial charge in [-0.3, -0.25) is 0 Å². The number of benzene rings is 1. The van der Waals surface area contributed by atoms with Crippen molar-refractivity contribution in [3.63, 3.8) is 0 Å². The molecule has 96 valence electrons. The summed E-state index contributed by atoms with van der Waals surface area (Å²) in [6.45, 7) is 0.572. The van der Waals surface area contributed by atoms with Gasteiger partial charge in [0.2, 0.25) is 0 Å². The molecule has 0 radical (unpaired) electrons. The fourth-order valence-electron chi connectivity index (χ4n) is 1.60. The number of ether oxygens (including phenoxy) is 1. The van der Waals surface area contributed by atoms with Crippen molar-refractivity contribution in [2.24, 2.45) is 5.73 Å². The molecule has 0 aliphatic rings. The van der Waals surface area contributed by atoms with E-state index >= 15 is 0 Å². The van der Waals surface area contributed by atoms with Gasteiger partial charge in [0, 0.05) is 13.7 Å². The van der Waals surface area contributed by atoms with Crippen LogP contribution in [0.4, 0.5) is 4.39 Å². The molecule has 1 aromatic carbocycles. The van der Waals surface area contributed by atoms with Gasteiger partial charge >= 0.3 is 0 Å². The van der Waals surface area contributed by atoms with E-state index in [4.69, 9.17) is 22.1 Å². The summed E-state index contributed by atoms with van der Waals surface area (Å²) >= 11 is 5.74. The third kappa shape index (κ3) is 2.35. The maximum absolute atomic E-state index is 13.1. The molecule has 0 fully saturated rings. The zero-order valence-electron chi connectivity index (χ0n) is 9.73. The predicted molar refractivity (Wildman–Crippen MR) is 64.9 cm³/mol. The number of halogens is 2. The van der Waals surface area contributed by atoms with Crippen LogP contribution in [0.15, 0.2) is 18.2 Å². The first-order valence-electron chi connectivity index (χ1n) is 5.25. The summed E-state index contributed by atoms with van der Waals surface area (Å²) in [5.41, 5.74) is 7.54. The number of nitrogens with two attached hydrogens (primary N) is 1. The van der Waals surface area contributed by atoms with Crippen LogP contribution >= 0.6 is 11.6 Å². The highest BCUT2D eigenvalue weighted by molar-refractivity contribution is 6.30. The van der Waals surface area contributed by atoms with E-state index in [2.05, 4.69) is 10.3 Å². The van der Waals surface area contributed by atoms with E-state index in [-0.39, 0.29) is 11.6 Å². The molecule has 0 amide bonds. The molecule has 2 N–H and O–H groups in total. The van der Waals surface area contributed by atoms with Gasteiger partial charge in [-0.2, -0.15) is 0 Å². The van der Waals surface area contributed by atoms with Gasteiger partial charge in [0.05, 0.1) is 23.0 Å². The molecule has 7 heteroatoms. The Kier molecular flexibility index (Phi) is 3.90. The highest BCUT2D eigenvalue weighted by Gasteiger charge is 2.13. The minimum Gasteiger partial charge on any atom is -0.378 e. The molecule has 5 nitrogen and oxygen atoms in total. The standard InChI is InChI=1S/C11H12ClFN4O/c1-18-6-11-10(5-14)15-16-17(11)7-2-3-9(13)8(12)4-7/h2-4H,5-6,14H2,1H3. The predicted octanol–water partition coefficient (Wildman–Crippen LogP) is 1.66. The fraction of sp³-hybridized carbons (Fsp3) is 0.273. The van der Waals surface area contributed by atoms with E-state index in [0.29, 0.717) is 18.0 Å². The van der Waals surface area contributed by atoms with Crippen LogP contribution in [0.1, 0.15) is 11.4 Å². The van der Waals surface area contributed by atoms with Crippen molar-refractivity contribution in [2.75, 3.05) is 7.11 Å². The number of hydrogen-bond acceptors (Lipinski definition) is 4. The number of hydrogen-bond donors (Lipinski definition) is 1. The van der Waals surface area contributed by atoms with Crippen LogP contribution in [0.25, 0.3) is 5.69 Å². The van der Waals surface area contributed by atoms with Gasteiger partial charge in [-0.15, -0.1) is 5.10 Å². The van der Waals surface area contributed by atoms with Gasteiger partial charge in [-0.1, -0.05) is 16.8 Å². The van der Waals surface area contributed by atoms with Gasteiger partial charge < -0.3 is 10.5 Å². The second-order valence-electron chi connectivity index (χ2n) is 3.63. The Morgan fingerprint density at radius 2 is 2.28 bits per heavy atom. The van der Waals surface area contributed by atoms with E-state index in [1.807, 2.05) is 0 Å². The van der Waals surface area contributed by atoms with Crippen molar-refractivity contribution >= 4 is 11.6 Å². The molecule has 1 aromatic heterocycles. The summed E-state index contributed by atoms with van der Waals surface area (Å²) in [7, 11) is 1.56. The third-order valence-corrected chi connectivity index (χ3v) is 2.76. The van der Waals surface area contributed by atoms with Crippen molar-refractivity contribution in [3.05, 3.63) is 40.4 Å². The number of nitrogens with zero attached hydrogens (tertiary/aromatic N) is 3. The van der Waals surface area contributed by atoms with Crippen molar-refractivity contribution < 1.29 is 9.13 Å². The fourth-order valence-corrected chi connectivity index (χ4v) is 1.77. The van der Waals surface area contributed by atoms with E-state index in [9.17, 15) is 4.39 Å². The average Bonchev–Trinajstić information content (AvgIpc) is 2.76. The van der Waals surface area contributed by atoms with Gasteiger partial charge in [0.15, 0.2) is 0 Å². The average molecular weight is 271 g/mol. The number of aromatic nitrogens is 3. The molecule has 0 atom stereocenters. The minimum atomic E-state index is -0.479. The van der Waals surface area contributed by atoms with E-state index in [1.165, 1.54) is 16.8 Å². The molecule has 0 saturated heterocycles. The second kappa shape index (κ2) is 5.43. The summed E-state index contributed by atoms with van der Waals surface area (Å²) in [6, 6.07) is 4.32. The summed E-state index contributed by atoms with van der Waals surface area (Å²) in [5, 5.41) is 7.95. The van der Waals surface area contributed by atoms with Gasteiger partial charge in [0.1, 0.15) is 11.5 Å². The first kappa shape index (κ1) is 12.9. The van der Waals surface area contributed by atoms with Crippen LogP contribution < -0.4 is 5.73 Å². The number of rotatable bonds is 4. The first-order chi connectivity index (χ1) is 8.67. The van der Waals surface area contributed by atoms with E-state index < -0.39 is 5.82 Å². The van der Waals surface area contributed by atoms with Crippen molar-refractivity contribution in [2.45, 2.75) is 13.2 Å². The normalized spacial score (nSPS) is 10.9. The Morgan fingerprint density at radius 3 is 2.89 bits per heavy atom. The second-order valence-corrected chi connectivity index (χ2v) is 4.04. The molecule has 0 aliphatic carbocycles. The maximum atomic E-state index is 13.1. The molecular formula is C11H12ClFN4O. The monoisotopic (exact) mass is 270 g/mol. The lowest BCUT2D eigenvalue weighted by molar-refractivity contribution is 0.178. The summed E-state index contributed by atoms with van der Waals surface area (Å²) in [6.07, 6.45) is 0. The quantitative estimate of drug-likeness (QED) is 0.918. The molecule has 2 aromatic rings.